The Bertz CT molecular complexity index is 992. The zero-order valence-corrected chi connectivity index (χ0v) is 20.4. The van der Waals surface area contributed by atoms with Crippen LogP contribution in [0.1, 0.15) is 38.3 Å². The third-order valence-corrected chi connectivity index (χ3v) is 5.81. The highest BCUT2D eigenvalue weighted by Gasteiger charge is 2.22. The second-order valence-electron chi connectivity index (χ2n) is 9.21. The highest BCUT2D eigenvalue weighted by molar-refractivity contribution is 6.30. The quantitative estimate of drug-likeness (QED) is 0.422. The van der Waals surface area contributed by atoms with Crippen LogP contribution in [0, 0.1) is 12.8 Å². The van der Waals surface area contributed by atoms with Crippen LogP contribution in [0.3, 0.4) is 0 Å². The molecule has 2 aromatic carbocycles. The maximum absolute atomic E-state index is 11.4. The molecule has 0 fully saturated rings. The molecule has 1 amide bonds. The molecule has 1 heterocycles. The van der Waals surface area contributed by atoms with E-state index >= 15 is 0 Å². The first-order valence-electron chi connectivity index (χ1n) is 11.2. The molecule has 2 unspecified atom stereocenters. The summed E-state index contributed by atoms with van der Waals surface area (Å²) < 4.78 is 5.73. The fourth-order valence-corrected chi connectivity index (χ4v) is 3.68. The van der Waals surface area contributed by atoms with E-state index in [1.807, 2.05) is 50.2 Å². The smallest absolute Gasteiger partial charge is 0.240 e. The van der Waals surface area contributed by atoms with E-state index < -0.39 is 6.10 Å². The minimum atomic E-state index is -0.652. The number of nitrogens with zero attached hydrogens (tertiary/aromatic N) is 1. The lowest BCUT2D eigenvalue weighted by Crippen LogP contribution is -2.49. The van der Waals surface area contributed by atoms with Gasteiger partial charge >= 0.3 is 0 Å². The van der Waals surface area contributed by atoms with Gasteiger partial charge in [-0.05, 0) is 56.2 Å². The van der Waals surface area contributed by atoms with Crippen molar-refractivity contribution in [3.05, 3.63) is 58.6 Å². The van der Waals surface area contributed by atoms with Gasteiger partial charge in [-0.2, -0.15) is 5.10 Å². The van der Waals surface area contributed by atoms with E-state index in [-0.39, 0.29) is 24.0 Å². The Morgan fingerprint density at radius 2 is 2.00 bits per heavy atom. The first-order valence-corrected chi connectivity index (χ1v) is 11.5. The summed E-state index contributed by atoms with van der Waals surface area (Å²) in [5.41, 5.74) is 6.17. The number of aliphatic hydroxyl groups excluding tert-OH is 1. The lowest BCUT2D eigenvalue weighted by atomic mass is 9.94. The maximum Gasteiger partial charge on any atom is 0.240 e. The van der Waals surface area contributed by atoms with Crippen molar-refractivity contribution in [3.63, 3.8) is 0 Å². The minimum Gasteiger partial charge on any atom is -0.491 e. The number of aryl methyl sites for hydroxylation is 1. The van der Waals surface area contributed by atoms with Gasteiger partial charge in [-0.25, -0.2) is 5.43 Å². The number of anilines is 1. The number of carbonyl (C=O) groups excluding carboxylic acids is 1. The highest BCUT2D eigenvalue weighted by Crippen LogP contribution is 2.23. The number of halogens is 1. The van der Waals surface area contributed by atoms with Crippen LogP contribution in [0.5, 0.6) is 5.75 Å². The zero-order chi connectivity index (χ0) is 24.0. The lowest BCUT2D eigenvalue weighted by Gasteiger charge is -2.28. The Labute approximate surface area is 200 Å². The van der Waals surface area contributed by atoms with Gasteiger partial charge < -0.3 is 20.5 Å². The zero-order valence-electron chi connectivity index (χ0n) is 19.6. The molecule has 3 rings (SSSR count). The fraction of sp³-hybridized carbons (Fsp3) is 0.440. The number of carbonyl (C=O) groups is 1. The van der Waals surface area contributed by atoms with Crippen LogP contribution in [0.25, 0.3) is 0 Å². The number of amides is 1. The Balaban J connectivity index is 1.44. The van der Waals surface area contributed by atoms with Crippen molar-refractivity contribution >= 4 is 28.9 Å². The van der Waals surface area contributed by atoms with Crippen molar-refractivity contribution in [3.8, 4) is 5.75 Å². The molecule has 0 aliphatic carbocycles. The molecular weight excluding hydrogens is 440 g/mol. The molecule has 2 aromatic rings. The van der Waals surface area contributed by atoms with Gasteiger partial charge in [0.2, 0.25) is 5.91 Å². The van der Waals surface area contributed by atoms with Gasteiger partial charge in [0.15, 0.2) is 0 Å². The Morgan fingerprint density at radius 1 is 1.27 bits per heavy atom. The van der Waals surface area contributed by atoms with Crippen LogP contribution in [0.15, 0.2) is 47.6 Å². The van der Waals surface area contributed by atoms with E-state index in [9.17, 15) is 9.90 Å². The number of hydrogen-bond donors (Lipinski definition) is 4. The largest absolute Gasteiger partial charge is 0.491 e. The summed E-state index contributed by atoms with van der Waals surface area (Å²) in [6.45, 7) is 9.35. The second kappa shape index (κ2) is 11.0. The first-order chi connectivity index (χ1) is 15.6. The van der Waals surface area contributed by atoms with Crippen molar-refractivity contribution in [1.82, 2.24) is 10.7 Å². The number of ether oxygens (including phenoxy) is 1. The van der Waals surface area contributed by atoms with E-state index in [1.54, 1.807) is 6.07 Å². The fourth-order valence-electron chi connectivity index (χ4n) is 3.52. The Kier molecular flexibility index (Phi) is 8.35. The number of β-amino-alcohol motifs (C(OH)–C–C–N with tert-alkyl or cyclic N) is 1. The van der Waals surface area contributed by atoms with Gasteiger partial charge in [0, 0.05) is 41.7 Å². The standard InChI is InChI=1S/C25H33ClN4O3/c1-16-5-8-19(26)12-22(16)33-14-21(31)13-28-25(3,4)15-27-20-9-6-18(7-10-20)24-17(2)11-23(32)29-30-24/h5-10,12,17,21,27-28,31H,11,13-15H2,1-4H3,(H,29,32). The predicted octanol–water partition coefficient (Wildman–Crippen LogP) is 3.73. The highest BCUT2D eigenvalue weighted by atomic mass is 35.5. The number of nitrogens with one attached hydrogen (secondary N) is 3. The molecule has 0 spiro atoms. The third kappa shape index (κ3) is 7.45. The van der Waals surface area contributed by atoms with E-state index in [1.165, 1.54) is 0 Å². The first kappa shape index (κ1) is 25.0. The number of rotatable bonds is 10. The van der Waals surface area contributed by atoms with Crippen LogP contribution >= 0.6 is 11.6 Å². The molecule has 0 aromatic heterocycles. The summed E-state index contributed by atoms with van der Waals surface area (Å²) in [6, 6.07) is 13.5. The summed E-state index contributed by atoms with van der Waals surface area (Å²) in [4.78, 5) is 11.4. The van der Waals surface area contributed by atoms with Crippen LogP contribution < -0.4 is 20.8 Å². The van der Waals surface area contributed by atoms with Crippen LogP contribution in [-0.2, 0) is 4.79 Å². The number of hydrogen-bond acceptors (Lipinski definition) is 6. The molecule has 7 nitrogen and oxygen atoms in total. The van der Waals surface area contributed by atoms with Crippen molar-refractivity contribution in [2.24, 2.45) is 11.0 Å². The van der Waals surface area contributed by atoms with Gasteiger partial charge in [0.05, 0.1) is 5.71 Å². The van der Waals surface area contributed by atoms with E-state index in [0.717, 1.165) is 22.5 Å². The number of aliphatic hydroxyl groups is 1. The topological polar surface area (TPSA) is 95.0 Å². The summed E-state index contributed by atoms with van der Waals surface area (Å²) in [7, 11) is 0. The molecule has 1 aliphatic heterocycles. The van der Waals surface area contributed by atoms with Crippen molar-refractivity contribution < 1.29 is 14.6 Å². The van der Waals surface area contributed by atoms with Crippen LogP contribution in [0.2, 0.25) is 5.02 Å². The number of hydrazone groups is 1. The van der Waals surface area contributed by atoms with Gasteiger partial charge in [0.25, 0.3) is 0 Å². The lowest BCUT2D eigenvalue weighted by molar-refractivity contribution is -0.121. The summed E-state index contributed by atoms with van der Waals surface area (Å²) in [5.74, 6) is 0.733. The second-order valence-corrected chi connectivity index (χ2v) is 9.64. The molecule has 33 heavy (non-hydrogen) atoms. The molecule has 0 radical (unpaired) electrons. The normalized spacial score (nSPS) is 17.2. The van der Waals surface area contributed by atoms with E-state index in [2.05, 4.69) is 35.0 Å². The summed E-state index contributed by atoms with van der Waals surface area (Å²) in [5, 5.41) is 22.0. The molecule has 8 heteroatoms. The van der Waals surface area contributed by atoms with E-state index in [0.29, 0.717) is 30.3 Å². The summed E-state index contributed by atoms with van der Waals surface area (Å²) in [6.07, 6.45) is -0.199. The molecular formula is C25H33ClN4O3. The molecule has 2 atom stereocenters. The van der Waals surface area contributed by atoms with Crippen molar-refractivity contribution in [1.29, 1.82) is 0 Å². The Hall–Kier alpha value is -2.61. The molecule has 178 valence electrons. The van der Waals surface area contributed by atoms with E-state index in [4.69, 9.17) is 16.3 Å². The SMILES string of the molecule is Cc1ccc(Cl)cc1OCC(O)CNC(C)(C)CNc1ccc(C2=NNC(=O)CC2C)cc1. The average molecular weight is 473 g/mol. The molecule has 4 N–H and O–H groups in total. The molecule has 0 saturated heterocycles. The Morgan fingerprint density at radius 3 is 2.70 bits per heavy atom. The summed E-state index contributed by atoms with van der Waals surface area (Å²) >= 11 is 6.02. The maximum atomic E-state index is 11.4. The van der Waals surface area contributed by atoms with Crippen LogP contribution in [0.4, 0.5) is 5.69 Å². The molecule has 0 saturated carbocycles. The van der Waals surface area contributed by atoms with Crippen molar-refractivity contribution in [2.75, 3.05) is 25.0 Å². The van der Waals surface area contributed by atoms with Gasteiger partial charge in [-0.3, -0.25) is 4.79 Å². The third-order valence-electron chi connectivity index (χ3n) is 5.57. The predicted molar refractivity (Wildman–Crippen MR) is 133 cm³/mol. The van der Waals surface area contributed by atoms with Crippen molar-refractivity contribution in [2.45, 2.75) is 45.8 Å². The molecule has 1 aliphatic rings. The average Bonchev–Trinajstić information content (AvgIpc) is 2.77. The minimum absolute atomic E-state index is 0.0458. The van der Waals surface area contributed by atoms with Gasteiger partial charge in [-0.15, -0.1) is 0 Å². The number of benzene rings is 2. The molecule has 0 bridgehead atoms. The van der Waals surface area contributed by atoms with Gasteiger partial charge in [0.1, 0.15) is 18.5 Å². The van der Waals surface area contributed by atoms with Gasteiger partial charge in [-0.1, -0.05) is 36.7 Å². The van der Waals surface area contributed by atoms with Crippen LogP contribution in [-0.4, -0.2) is 48.1 Å². The monoisotopic (exact) mass is 472 g/mol.